The van der Waals surface area contributed by atoms with Crippen LogP contribution < -0.4 is 4.74 Å². The number of carbonyl (C=O) groups excluding carboxylic acids is 1. The maximum Gasteiger partial charge on any atom is 0.185 e. The second-order valence-electron chi connectivity index (χ2n) is 16.3. The number of hydrogen-bond acceptors (Lipinski definition) is 4. The lowest BCUT2D eigenvalue weighted by Crippen LogP contribution is -2.42. The maximum atomic E-state index is 13.9. The number of aryl methyl sites for hydroxylation is 1. The summed E-state index contributed by atoms with van der Waals surface area (Å²) in [4.78, 5) is 13.1. The Morgan fingerprint density at radius 2 is 1.76 bits per heavy atom. The fraction of sp³-hybridized carbons (Fsp3) is 0.523. The molecule has 5 atom stereocenters. The molecule has 49 heavy (non-hydrogen) atoms. The highest BCUT2D eigenvalue weighted by Gasteiger charge is 2.54. The number of benzene rings is 2. The number of hydrogen-bond donors (Lipinski definition) is 0. The van der Waals surface area contributed by atoms with Gasteiger partial charge in [0.2, 0.25) is 0 Å². The SMILES string of the molecule is CC1=C(/C=C/C(C)=C/C(C/C(C)=C/COc2ccc3c(c2)CC[C@@H]2[C@@H]3CC[C@]3(C)C(=O)CC[C@@H]23)S(=O)(=O)c2ccccc2)C(C)(C)CCC1. The van der Waals surface area contributed by atoms with E-state index < -0.39 is 15.1 Å². The molecule has 2 aromatic rings. The van der Waals surface area contributed by atoms with E-state index >= 15 is 0 Å². The van der Waals surface area contributed by atoms with E-state index in [1.807, 2.05) is 32.1 Å². The summed E-state index contributed by atoms with van der Waals surface area (Å²) in [5, 5.41) is -0.686. The van der Waals surface area contributed by atoms with Crippen molar-refractivity contribution < 1.29 is 17.9 Å². The number of rotatable bonds is 10. The molecule has 0 spiro atoms. The summed E-state index contributed by atoms with van der Waals surface area (Å²) < 4.78 is 34.1. The predicted molar refractivity (Wildman–Crippen MR) is 201 cm³/mol. The van der Waals surface area contributed by atoms with Crippen molar-refractivity contribution >= 4 is 15.6 Å². The normalized spacial score (nSPS) is 27.9. The van der Waals surface area contributed by atoms with Crippen LogP contribution in [-0.4, -0.2) is 26.1 Å². The van der Waals surface area contributed by atoms with Crippen LogP contribution in [0.15, 0.2) is 100 Å². The number of ketones is 1. The average molecular weight is 681 g/mol. The Morgan fingerprint density at radius 1 is 0.980 bits per heavy atom. The van der Waals surface area contributed by atoms with E-state index in [0.29, 0.717) is 41.5 Å². The highest BCUT2D eigenvalue weighted by molar-refractivity contribution is 7.92. The van der Waals surface area contributed by atoms with Crippen LogP contribution in [0.4, 0.5) is 0 Å². The summed E-state index contributed by atoms with van der Waals surface area (Å²) in [6.45, 7) is 13.5. The average Bonchev–Trinajstić information content (AvgIpc) is 3.37. The van der Waals surface area contributed by atoms with Gasteiger partial charge < -0.3 is 4.74 Å². The topological polar surface area (TPSA) is 60.4 Å². The van der Waals surface area contributed by atoms with Crippen molar-refractivity contribution in [2.75, 3.05) is 6.61 Å². The third kappa shape index (κ3) is 7.34. The fourth-order valence-electron chi connectivity index (χ4n) is 9.72. The minimum atomic E-state index is -3.60. The van der Waals surface area contributed by atoms with Crippen LogP contribution in [-0.2, 0) is 21.1 Å². The van der Waals surface area contributed by atoms with Gasteiger partial charge in [0.25, 0.3) is 0 Å². The van der Waals surface area contributed by atoms with Crippen LogP contribution in [0, 0.1) is 22.7 Å². The second-order valence-corrected chi connectivity index (χ2v) is 18.5. The standard InChI is InChI=1S/C44H56O4S/c1-30(14-19-40-32(3)11-10-24-43(40,4)5)27-36(49(46,47)35-12-8-7-9-13-35)28-31(2)23-26-48-34-16-18-37-33(29-34)15-17-39-38(37)22-25-44(6)41(39)20-21-42(44)45/h7-9,12-14,16,18-19,23,27,29,36,38-39,41H,10-11,15,17,20-22,24-26,28H2,1-6H3/b19-14+,30-27+,31-23+/t36?,38-,39-,41+,44+/m1/s1. The molecule has 2 saturated carbocycles. The van der Waals surface area contributed by atoms with Gasteiger partial charge in [-0.2, -0.15) is 0 Å². The van der Waals surface area contributed by atoms with Gasteiger partial charge in [0.15, 0.2) is 9.84 Å². The first-order valence-electron chi connectivity index (χ1n) is 18.6. The maximum absolute atomic E-state index is 13.9. The van der Waals surface area contributed by atoms with Crippen molar-refractivity contribution in [2.45, 2.75) is 122 Å². The summed E-state index contributed by atoms with van der Waals surface area (Å²) >= 11 is 0. The largest absolute Gasteiger partial charge is 0.490 e. The lowest BCUT2D eigenvalue weighted by molar-refractivity contribution is -0.129. The molecule has 4 aliphatic rings. The summed E-state index contributed by atoms with van der Waals surface area (Å²) in [6, 6.07) is 15.4. The van der Waals surface area contributed by atoms with Crippen molar-refractivity contribution in [1.82, 2.24) is 0 Å². The van der Waals surface area contributed by atoms with E-state index in [1.54, 1.807) is 24.3 Å². The van der Waals surface area contributed by atoms with Crippen LogP contribution in [0.25, 0.3) is 0 Å². The Balaban J connectivity index is 1.15. The lowest BCUT2D eigenvalue weighted by Gasteiger charge is -2.48. The molecule has 4 aliphatic carbocycles. The van der Waals surface area contributed by atoms with Crippen LogP contribution in [0.3, 0.4) is 0 Å². The van der Waals surface area contributed by atoms with Crippen molar-refractivity contribution in [3.63, 3.8) is 0 Å². The van der Waals surface area contributed by atoms with E-state index in [1.165, 1.54) is 35.1 Å². The van der Waals surface area contributed by atoms with Gasteiger partial charge in [-0.05, 0) is 149 Å². The third-order valence-electron chi connectivity index (χ3n) is 12.6. The quantitative estimate of drug-likeness (QED) is 0.185. The number of ether oxygens (including phenoxy) is 1. The van der Waals surface area contributed by atoms with E-state index in [2.05, 4.69) is 58.0 Å². The number of allylic oxidation sites excluding steroid dienone is 6. The summed E-state index contributed by atoms with van der Waals surface area (Å²) in [7, 11) is -3.60. The molecule has 2 aromatic carbocycles. The summed E-state index contributed by atoms with van der Waals surface area (Å²) in [5.41, 5.74) is 7.62. The van der Waals surface area contributed by atoms with Crippen LogP contribution in [0.5, 0.6) is 5.75 Å². The molecule has 2 fully saturated rings. The Kier molecular flexibility index (Phi) is 10.3. The molecule has 0 N–H and O–H groups in total. The molecule has 6 rings (SSSR count). The molecular formula is C44H56O4S. The highest BCUT2D eigenvalue weighted by Crippen LogP contribution is 2.59. The second kappa shape index (κ2) is 14.2. The molecule has 0 radical (unpaired) electrons. The van der Waals surface area contributed by atoms with Crippen molar-refractivity contribution in [3.8, 4) is 5.75 Å². The van der Waals surface area contributed by atoms with Crippen LogP contribution >= 0.6 is 0 Å². The Hall–Kier alpha value is -3.18. The molecule has 0 heterocycles. The van der Waals surface area contributed by atoms with Gasteiger partial charge in [0.05, 0.1) is 10.1 Å². The number of carbonyl (C=O) groups is 1. The number of sulfone groups is 1. The fourth-order valence-corrected chi connectivity index (χ4v) is 11.5. The van der Waals surface area contributed by atoms with E-state index in [-0.39, 0.29) is 10.8 Å². The molecule has 0 bridgehead atoms. The number of fused-ring (bicyclic) bond motifs is 5. The molecule has 0 saturated heterocycles. The van der Waals surface area contributed by atoms with E-state index in [4.69, 9.17) is 4.74 Å². The highest BCUT2D eigenvalue weighted by atomic mass is 32.2. The molecule has 5 heteroatoms. The first-order chi connectivity index (χ1) is 23.3. The Labute approximate surface area is 295 Å². The van der Waals surface area contributed by atoms with Gasteiger partial charge in [-0.3, -0.25) is 4.79 Å². The molecule has 262 valence electrons. The van der Waals surface area contributed by atoms with E-state index in [0.717, 1.165) is 61.8 Å². The Bertz CT molecular complexity index is 1790. The van der Waals surface area contributed by atoms with Crippen LogP contribution in [0.1, 0.15) is 116 Å². The van der Waals surface area contributed by atoms with E-state index in [9.17, 15) is 13.2 Å². The molecule has 4 nitrogen and oxygen atoms in total. The van der Waals surface area contributed by atoms with Gasteiger partial charge >= 0.3 is 0 Å². The van der Waals surface area contributed by atoms with Crippen molar-refractivity contribution in [1.29, 1.82) is 0 Å². The zero-order valence-corrected chi connectivity index (χ0v) is 31.4. The molecular weight excluding hydrogens is 625 g/mol. The Morgan fingerprint density at radius 3 is 2.51 bits per heavy atom. The van der Waals surface area contributed by atoms with Gasteiger partial charge in [-0.25, -0.2) is 8.42 Å². The monoisotopic (exact) mass is 680 g/mol. The number of Topliss-reactive ketones (excluding diaryl/α,β-unsaturated/α-hetero) is 1. The summed E-state index contributed by atoms with van der Waals surface area (Å²) in [6.07, 6.45) is 18.3. The van der Waals surface area contributed by atoms with Gasteiger partial charge in [0.1, 0.15) is 18.1 Å². The van der Waals surface area contributed by atoms with Gasteiger partial charge in [-0.15, -0.1) is 0 Å². The predicted octanol–water partition coefficient (Wildman–Crippen LogP) is 10.7. The van der Waals surface area contributed by atoms with Crippen LogP contribution in [0.2, 0.25) is 0 Å². The molecule has 0 amide bonds. The zero-order valence-electron chi connectivity index (χ0n) is 30.6. The third-order valence-corrected chi connectivity index (χ3v) is 14.6. The minimum absolute atomic E-state index is 0.0976. The lowest BCUT2D eigenvalue weighted by atomic mass is 9.55. The van der Waals surface area contributed by atoms with Crippen molar-refractivity contribution in [2.24, 2.45) is 22.7 Å². The minimum Gasteiger partial charge on any atom is -0.490 e. The van der Waals surface area contributed by atoms with Crippen molar-refractivity contribution in [3.05, 3.63) is 106 Å². The molecule has 0 aromatic heterocycles. The smallest absolute Gasteiger partial charge is 0.185 e. The van der Waals surface area contributed by atoms with Gasteiger partial charge in [-0.1, -0.05) is 80.0 Å². The first kappa shape index (κ1) is 35.6. The molecule has 1 unspecified atom stereocenters. The first-order valence-corrected chi connectivity index (χ1v) is 20.1. The summed E-state index contributed by atoms with van der Waals surface area (Å²) in [5.74, 6) is 3.05. The zero-order chi connectivity index (χ0) is 35.0. The van der Waals surface area contributed by atoms with Gasteiger partial charge in [0, 0.05) is 11.8 Å². The molecule has 0 aliphatic heterocycles.